The zero-order chi connectivity index (χ0) is 5.98. The van der Waals surface area contributed by atoms with Crippen molar-refractivity contribution in [3.05, 3.63) is 0 Å². The average molecular weight is 131 g/mol. The Morgan fingerprint density at radius 1 is 2.00 bits per heavy atom. The molecule has 1 heterocycles. The average Bonchev–Trinajstić information content (AvgIpc) is 2.12. The third kappa shape index (κ3) is 1.01. The van der Waals surface area contributed by atoms with Crippen molar-refractivity contribution in [2.75, 3.05) is 5.75 Å². The van der Waals surface area contributed by atoms with Crippen molar-refractivity contribution in [3.63, 3.8) is 0 Å². The fraction of sp³-hybridized carbons (Fsp3) is 0.500. The molecule has 1 rings (SSSR count). The molecule has 1 atom stereocenters. The first kappa shape index (κ1) is 5.62. The summed E-state index contributed by atoms with van der Waals surface area (Å²) in [5.74, 6) is -0.534. The molecule has 0 radical (unpaired) electrons. The van der Waals surface area contributed by atoms with Gasteiger partial charge in [0.1, 0.15) is 5.92 Å². The summed E-state index contributed by atoms with van der Waals surface area (Å²) in [6.07, 6.45) is 1.47. The fourth-order valence-corrected chi connectivity index (χ4v) is 1.13. The molecular weight excluding hydrogens is 126 g/mol. The summed E-state index contributed by atoms with van der Waals surface area (Å²) in [7, 11) is 0. The van der Waals surface area contributed by atoms with Crippen LogP contribution in [0.1, 0.15) is 0 Å². The molecule has 4 heteroatoms. The molecule has 0 saturated carbocycles. The number of hydrogen-bond donors (Lipinski definition) is 1. The number of carbonyl (C=O) groups is 1. The van der Waals surface area contributed by atoms with Gasteiger partial charge < -0.3 is 5.11 Å². The number of nitrogens with zero attached hydrogens (tertiary/aromatic N) is 1. The van der Waals surface area contributed by atoms with Crippen LogP contribution in [0, 0.1) is 5.92 Å². The maximum Gasteiger partial charge on any atom is 0.312 e. The zero-order valence-corrected chi connectivity index (χ0v) is 4.89. The standard InChI is InChI=1S/C4H5NO2S/c6-4(7)3-1-5-8-2-3/h1,3H,2H2,(H,6,7)/t3-/m0/s1. The summed E-state index contributed by atoms with van der Waals surface area (Å²) in [5.41, 5.74) is 0. The van der Waals surface area contributed by atoms with Gasteiger partial charge in [-0.25, -0.2) is 4.40 Å². The Morgan fingerprint density at radius 3 is 3.00 bits per heavy atom. The Balaban J connectivity index is 2.48. The smallest absolute Gasteiger partial charge is 0.312 e. The van der Waals surface area contributed by atoms with E-state index in [4.69, 9.17) is 5.11 Å². The van der Waals surface area contributed by atoms with Crippen LogP contribution in [0.15, 0.2) is 4.40 Å². The summed E-state index contributed by atoms with van der Waals surface area (Å²) in [4.78, 5) is 10.1. The molecule has 0 saturated heterocycles. The van der Waals surface area contributed by atoms with Crippen molar-refractivity contribution < 1.29 is 9.90 Å². The molecule has 1 aliphatic rings. The van der Waals surface area contributed by atoms with Gasteiger partial charge >= 0.3 is 5.97 Å². The molecule has 8 heavy (non-hydrogen) atoms. The van der Waals surface area contributed by atoms with Crippen LogP contribution in [-0.2, 0) is 4.79 Å². The molecule has 0 aromatic rings. The second kappa shape index (κ2) is 2.17. The monoisotopic (exact) mass is 131 g/mol. The fourth-order valence-electron chi connectivity index (χ4n) is 0.418. The first-order valence-corrected chi connectivity index (χ1v) is 3.13. The SMILES string of the molecule is O=C(O)[C@H]1C=NSC1. The van der Waals surface area contributed by atoms with Crippen molar-refractivity contribution >= 4 is 24.1 Å². The predicted molar refractivity (Wildman–Crippen MR) is 32.1 cm³/mol. The molecule has 3 nitrogen and oxygen atoms in total. The van der Waals surface area contributed by atoms with E-state index >= 15 is 0 Å². The Hall–Kier alpha value is -0.510. The predicted octanol–water partition coefficient (Wildman–Crippen LogP) is 0.420. The van der Waals surface area contributed by atoms with E-state index in [1.54, 1.807) is 0 Å². The molecule has 0 amide bonds. The van der Waals surface area contributed by atoms with Gasteiger partial charge in [-0.3, -0.25) is 4.79 Å². The topological polar surface area (TPSA) is 49.7 Å². The molecule has 0 aliphatic carbocycles. The minimum Gasteiger partial charge on any atom is -0.481 e. The van der Waals surface area contributed by atoms with Gasteiger partial charge in [-0.2, -0.15) is 0 Å². The van der Waals surface area contributed by atoms with Gasteiger partial charge in [0.05, 0.1) is 0 Å². The van der Waals surface area contributed by atoms with Crippen LogP contribution in [0.4, 0.5) is 0 Å². The molecule has 0 spiro atoms. The quantitative estimate of drug-likeness (QED) is 0.525. The van der Waals surface area contributed by atoms with Crippen molar-refractivity contribution in [1.29, 1.82) is 0 Å². The van der Waals surface area contributed by atoms with Crippen LogP contribution >= 0.6 is 11.9 Å². The van der Waals surface area contributed by atoms with Crippen LogP contribution in [0.25, 0.3) is 0 Å². The van der Waals surface area contributed by atoms with E-state index in [0.29, 0.717) is 5.75 Å². The maximum atomic E-state index is 10.1. The Bertz CT molecular complexity index is 134. The second-order valence-electron chi connectivity index (χ2n) is 1.49. The lowest BCUT2D eigenvalue weighted by Crippen LogP contribution is -2.13. The van der Waals surface area contributed by atoms with E-state index in [2.05, 4.69) is 4.40 Å². The molecular formula is C4H5NO2S. The van der Waals surface area contributed by atoms with Crippen LogP contribution in [0.5, 0.6) is 0 Å². The van der Waals surface area contributed by atoms with E-state index in [9.17, 15) is 4.79 Å². The lowest BCUT2D eigenvalue weighted by molar-refractivity contribution is -0.138. The lowest BCUT2D eigenvalue weighted by Gasteiger charge is -1.92. The van der Waals surface area contributed by atoms with Gasteiger partial charge in [0, 0.05) is 12.0 Å². The molecule has 1 N–H and O–H groups in total. The molecule has 0 bridgehead atoms. The number of carboxylic acids is 1. The molecule has 0 unspecified atom stereocenters. The largest absolute Gasteiger partial charge is 0.481 e. The molecule has 1 aliphatic heterocycles. The van der Waals surface area contributed by atoms with Crippen molar-refractivity contribution in [2.24, 2.45) is 10.3 Å². The van der Waals surface area contributed by atoms with Gasteiger partial charge in [-0.1, -0.05) is 0 Å². The highest BCUT2D eigenvalue weighted by Crippen LogP contribution is 2.15. The van der Waals surface area contributed by atoms with Crippen molar-refractivity contribution in [3.8, 4) is 0 Å². The highest BCUT2D eigenvalue weighted by molar-refractivity contribution is 7.98. The third-order valence-electron chi connectivity index (χ3n) is 0.887. The van der Waals surface area contributed by atoms with E-state index in [1.807, 2.05) is 0 Å². The molecule has 0 aromatic carbocycles. The molecule has 44 valence electrons. The van der Waals surface area contributed by atoms with Crippen LogP contribution in [0.2, 0.25) is 0 Å². The number of carboxylic acid groups (broad SMARTS) is 1. The first-order valence-electron chi connectivity index (χ1n) is 2.19. The van der Waals surface area contributed by atoms with E-state index in [0.717, 1.165) is 0 Å². The van der Waals surface area contributed by atoms with E-state index in [-0.39, 0.29) is 5.92 Å². The van der Waals surface area contributed by atoms with Crippen molar-refractivity contribution in [2.45, 2.75) is 0 Å². The van der Waals surface area contributed by atoms with Gasteiger partial charge in [-0.15, -0.1) is 0 Å². The summed E-state index contributed by atoms with van der Waals surface area (Å²) in [6, 6.07) is 0. The normalized spacial score (nSPS) is 26.2. The molecule has 0 aromatic heterocycles. The van der Waals surface area contributed by atoms with Gasteiger partial charge in [-0.05, 0) is 11.9 Å². The summed E-state index contributed by atoms with van der Waals surface area (Å²) in [5, 5.41) is 8.31. The van der Waals surface area contributed by atoms with Crippen LogP contribution in [0.3, 0.4) is 0 Å². The van der Waals surface area contributed by atoms with E-state index in [1.165, 1.54) is 18.2 Å². The second-order valence-corrected chi connectivity index (χ2v) is 2.30. The molecule has 0 fully saturated rings. The maximum absolute atomic E-state index is 10.1. The number of rotatable bonds is 1. The first-order chi connectivity index (χ1) is 3.80. The van der Waals surface area contributed by atoms with Crippen LogP contribution in [-0.4, -0.2) is 23.0 Å². The Kier molecular flexibility index (Phi) is 1.53. The van der Waals surface area contributed by atoms with Crippen molar-refractivity contribution in [1.82, 2.24) is 0 Å². The van der Waals surface area contributed by atoms with Crippen LogP contribution < -0.4 is 0 Å². The zero-order valence-electron chi connectivity index (χ0n) is 4.07. The highest BCUT2D eigenvalue weighted by Gasteiger charge is 2.18. The Morgan fingerprint density at radius 2 is 2.75 bits per heavy atom. The Labute approximate surface area is 50.9 Å². The number of hydrogen-bond acceptors (Lipinski definition) is 3. The van der Waals surface area contributed by atoms with Gasteiger partial charge in [0.25, 0.3) is 0 Å². The third-order valence-corrected chi connectivity index (χ3v) is 1.67. The van der Waals surface area contributed by atoms with Gasteiger partial charge in [0.15, 0.2) is 0 Å². The summed E-state index contributed by atoms with van der Waals surface area (Å²) < 4.78 is 3.70. The van der Waals surface area contributed by atoms with Gasteiger partial charge in [0.2, 0.25) is 0 Å². The lowest BCUT2D eigenvalue weighted by atomic mass is 10.2. The summed E-state index contributed by atoms with van der Waals surface area (Å²) in [6.45, 7) is 0. The summed E-state index contributed by atoms with van der Waals surface area (Å²) >= 11 is 1.30. The minimum absolute atomic E-state index is 0.347. The number of aliphatic carboxylic acids is 1. The van der Waals surface area contributed by atoms with E-state index < -0.39 is 5.97 Å². The highest BCUT2D eigenvalue weighted by atomic mass is 32.2. The minimum atomic E-state index is -0.779.